The van der Waals surface area contributed by atoms with Gasteiger partial charge in [-0.15, -0.1) is 0 Å². The highest BCUT2D eigenvalue weighted by Gasteiger charge is 2.05. The van der Waals surface area contributed by atoms with Crippen LogP contribution in [-0.4, -0.2) is 27.9 Å². The first kappa shape index (κ1) is 16.7. The maximum atomic E-state index is 10.7. The Morgan fingerprint density at radius 1 is 1.11 bits per heavy atom. The SMILES string of the molecule is CCCCCCC/C(=C/C(O)=C\CO)CC(=O)O. The molecule has 18 heavy (non-hydrogen) atoms. The van der Waals surface area contributed by atoms with Crippen LogP contribution in [0.3, 0.4) is 0 Å². The van der Waals surface area contributed by atoms with Crippen LogP contribution in [0.1, 0.15) is 51.9 Å². The monoisotopic (exact) mass is 256 g/mol. The highest BCUT2D eigenvalue weighted by atomic mass is 16.4. The van der Waals surface area contributed by atoms with E-state index in [1.807, 2.05) is 0 Å². The second-order valence-corrected chi connectivity index (χ2v) is 4.35. The number of carbonyl (C=O) groups is 1. The summed E-state index contributed by atoms with van der Waals surface area (Å²) in [5.41, 5.74) is 0.696. The number of carboxylic acid groups (broad SMARTS) is 1. The lowest BCUT2D eigenvalue weighted by atomic mass is 10.0. The lowest BCUT2D eigenvalue weighted by Gasteiger charge is -2.05. The van der Waals surface area contributed by atoms with Crippen molar-refractivity contribution in [1.82, 2.24) is 0 Å². The Labute approximate surface area is 109 Å². The Morgan fingerprint density at radius 3 is 2.33 bits per heavy atom. The van der Waals surface area contributed by atoms with Crippen LogP contribution in [0, 0.1) is 0 Å². The zero-order chi connectivity index (χ0) is 13.8. The number of rotatable bonds is 10. The quantitative estimate of drug-likeness (QED) is 0.319. The number of allylic oxidation sites excluding steroid dienone is 1. The maximum absolute atomic E-state index is 10.7. The van der Waals surface area contributed by atoms with Gasteiger partial charge in [-0.1, -0.05) is 38.2 Å². The van der Waals surface area contributed by atoms with E-state index in [9.17, 15) is 9.90 Å². The maximum Gasteiger partial charge on any atom is 0.307 e. The third-order valence-corrected chi connectivity index (χ3v) is 2.63. The number of unbranched alkanes of at least 4 members (excludes halogenated alkanes) is 4. The highest BCUT2D eigenvalue weighted by Crippen LogP contribution is 2.15. The minimum atomic E-state index is -0.897. The summed E-state index contributed by atoms with van der Waals surface area (Å²) in [4.78, 5) is 10.7. The van der Waals surface area contributed by atoms with Crippen LogP contribution in [0.15, 0.2) is 23.5 Å². The zero-order valence-corrected chi connectivity index (χ0v) is 11.1. The molecule has 0 aromatic heterocycles. The largest absolute Gasteiger partial charge is 0.508 e. The molecule has 104 valence electrons. The van der Waals surface area contributed by atoms with Crippen LogP contribution in [-0.2, 0) is 4.79 Å². The lowest BCUT2D eigenvalue weighted by molar-refractivity contribution is -0.136. The molecule has 0 amide bonds. The lowest BCUT2D eigenvalue weighted by Crippen LogP contribution is -1.98. The number of aliphatic hydroxyl groups excluding tert-OH is 2. The Morgan fingerprint density at radius 2 is 1.78 bits per heavy atom. The van der Waals surface area contributed by atoms with Crippen molar-refractivity contribution in [2.75, 3.05) is 6.61 Å². The van der Waals surface area contributed by atoms with Gasteiger partial charge in [0.15, 0.2) is 0 Å². The van der Waals surface area contributed by atoms with Gasteiger partial charge in [0.05, 0.1) is 13.0 Å². The van der Waals surface area contributed by atoms with Crippen LogP contribution in [0.2, 0.25) is 0 Å². The fourth-order valence-corrected chi connectivity index (χ4v) is 1.72. The van der Waals surface area contributed by atoms with Gasteiger partial charge in [-0.3, -0.25) is 4.79 Å². The molecule has 0 aliphatic carbocycles. The Hall–Kier alpha value is -1.29. The predicted molar refractivity (Wildman–Crippen MR) is 71.5 cm³/mol. The molecule has 4 nitrogen and oxygen atoms in total. The van der Waals surface area contributed by atoms with Crippen molar-refractivity contribution >= 4 is 5.97 Å². The van der Waals surface area contributed by atoms with Crippen molar-refractivity contribution in [3.05, 3.63) is 23.5 Å². The highest BCUT2D eigenvalue weighted by molar-refractivity contribution is 5.70. The van der Waals surface area contributed by atoms with Crippen molar-refractivity contribution in [2.45, 2.75) is 51.9 Å². The van der Waals surface area contributed by atoms with E-state index in [0.717, 1.165) is 19.3 Å². The number of hydrogen-bond donors (Lipinski definition) is 3. The average molecular weight is 256 g/mol. The summed E-state index contributed by atoms with van der Waals surface area (Å²) in [5, 5.41) is 26.8. The topological polar surface area (TPSA) is 77.8 Å². The number of aliphatic carboxylic acids is 1. The average Bonchev–Trinajstić information content (AvgIpc) is 2.28. The van der Waals surface area contributed by atoms with E-state index in [0.29, 0.717) is 12.0 Å². The normalized spacial score (nSPS) is 12.8. The third-order valence-electron chi connectivity index (χ3n) is 2.63. The van der Waals surface area contributed by atoms with Gasteiger partial charge in [-0.25, -0.2) is 0 Å². The van der Waals surface area contributed by atoms with E-state index < -0.39 is 5.97 Å². The summed E-state index contributed by atoms with van der Waals surface area (Å²) >= 11 is 0. The number of carboxylic acids is 1. The van der Waals surface area contributed by atoms with E-state index >= 15 is 0 Å². The van der Waals surface area contributed by atoms with Crippen molar-refractivity contribution in [3.63, 3.8) is 0 Å². The Balaban J connectivity index is 4.23. The molecule has 0 fully saturated rings. The van der Waals surface area contributed by atoms with Crippen molar-refractivity contribution in [3.8, 4) is 0 Å². The first-order valence-electron chi connectivity index (χ1n) is 6.51. The molecule has 0 aromatic rings. The van der Waals surface area contributed by atoms with E-state index in [-0.39, 0.29) is 18.8 Å². The molecule has 0 aromatic carbocycles. The van der Waals surface area contributed by atoms with Gasteiger partial charge >= 0.3 is 5.97 Å². The molecule has 4 heteroatoms. The summed E-state index contributed by atoms with van der Waals surface area (Å²) in [6.07, 6.45) is 8.88. The summed E-state index contributed by atoms with van der Waals surface area (Å²) in [6, 6.07) is 0. The van der Waals surface area contributed by atoms with Crippen molar-refractivity contribution < 1.29 is 20.1 Å². The van der Waals surface area contributed by atoms with E-state index in [1.54, 1.807) is 0 Å². The molecule has 0 rings (SSSR count). The standard InChI is InChI=1S/C14H24O4/c1-2-3-4-5-6-7-12(11-14(17)18)10-13(16)8-9-15/h8,10,15-16H,2-7,9,11H2,1H3,(H,17,18)/b12-10-,13-8+. The summed E-state index contributed by atoms with van der Waals surface area (Å²) in [7, 11) is 0. The summed E-state index contributed by atoms with van der Waals surface area (Å²) in [6.45, 7) is 1.90. The molecule has 0 saturated carbocycles. The molecule has 0 aliphatic heterocycles. The molecule has 0 heterocycles. The second kappa shape index (κ2) is 10.8. The van der Waals surface area contributed by atoms with Crippen LogP contribution < -0.4 is 0 Å². The molecule has 0 aliphatic rings. The minimum Gasteiger partial charge on any atom is -0.508 e. The smallest absolute Gasteiger partial charge is 0.307 e. The van der Waals surface area contributed by atoms with Gasteiger partial charge in [0, 0.05) is 0 Å². The van der Waals surface area contributed by atoms with Crippen LogP contribution in [0.25, 0.3) is 0 Å². The predicted octanol–water partition coefficient (Wildman–Crippen LogP) is 3.18. The van der Waals surface area contributed by atoms with Gasteiger partial charge in [0.25, 0.3) is 0 Å². The number of aliphatic hydroxyl groups is 2. The van der Waals surface area contributed by atoms with Crippen LogP contribution in [0.4, 0.5) is 0 Å². The fourth-order valence-electron chi connectivity index (χ4n) is 1.72. The third kappa shape index (κ3) is 9.90. The van der Waals surface area contributed by atoms with Crippen molar-refractivity contribution in [1.29, 1.82) is 0 Å². The number of hydrogen-bond acceptors (Lipinski definition) is 3. The van der Waals surface area contributed by atoms with Gasteiger partial charge in [-0.2, -0.15) is 0 Å². The van der Waals surface area contributed by atoms with E-state index in [1.165, 1.54) is 25.0 Å². The molecule has 0 radical (unpaired) electrons. The van der Waals surface area contributed by atoms with E-state index in [2.05, 4.69) is 6.92 Å². The Bertz CT molecular complexity index is 292. The molecule has 0 bridgehead atoms. The fraction of sp³-hybridized carbons (Fsp3) is 0.643. The van der Waals surface area contributed by atoms with Gasteiger partial charge in [0.1, 0.15) is 5.76 Å². The van der Waals surface area contributed by atoms with Crippen LogP contribution in [0.5, 0.6) is 0 Å². The second-order valence-electron chi connectivity index (χ2n) is 4.35. The van der Waals surface area contributed by atoms with Gasteiger partial charge < -0.3 is 15.3 Å². The summed E-state index contributed by atoms with van der Waals surface area (Å²) < 4.78 is 0. The van der Waals surface area contributed by atoms with Crippen LogP contribution >= 0.6 is 0 Å². The van der Waals surface area contributed by atoms with E-state index in [4.69, 9.17) is 10.2 Å². The van der Waals surface area contributed by atoms with Gasteiger partial charge in [0.2, 0.25) is 0 Å². The molecule has 0 unspecified atom stereocenters. The first-order chi connectivity index (χ1) is 8.60. The zero-order valence-electron chi connectivity index (χ0n) is 11.1. The minimum absolute atomic E-state index is 0.0584. The van der Waals surface area contributed by atoms with Crippen molar-refractivity contribution in [2.24, 2.45) is 0 Å². The van der Waals surface area contributed by atoms with Gasteiger partial charge in [-0.05, 0) is 25.0 Å². The first-order valence-corrected chi connectivity index (χ1v) is 6.51. The molecular weight excluding hydrogens is 232 g/mol. The molecule has 0 saturated heterocycles. The molecule has 3 N–H and O–H groups in total. The summed E-state index contributed by atoms with van der Waals surface area (Å²) in [5.74, 6) is -0.964. The molecule has 0 spiro atoms. The molecular formula is C14H24O4. The Kier molecular flexibility index (Phi) is 10.1. The molecule has 0 atom stereocenters.